The number of nitrogens with one attached hydrogen (secondary N) is 1. The van der Waals surface area contributed by atoms with Crippen molar-refractivity contribution in [1.82, 2.24) is 9.80 Å². The molecule has 0 bridgehead atoms. The van der Waals surface area contributed by atoms with Gasteiger partial charge in [-0.1, -0.05) is 23.7 Å². The maximum atomic E-state index is 12.6. The molecule has 1 N–H and O–H groups in total. The molecular weight excluding hydrogens is 366 g/mol. The molecule has 26 heavy (non-hydrogen) atoms. The third-order valence-electron chi connectivity index (χ3n) is 4.61. The Balaban J connectivity index is 1.67. The van der Waals surface area contributed by atoms with Gasteiger partial charge < -0.3 is 10.2 Å². The monoisotopic (exact) mass is 389 g/mol. The van der Waals surface area contributed by atoms with E-state index in [2.05, 4.69) is 28.2 Å². The number of thioether (sulfide) groups is 1. The zero-order chi connectivity index (χ0) is 18.5. The minimum atomic E-state index is -0.178. The van der Waals surface area contributed by atoms with Gasteiger partial charge in [0.25, 0.3) is 5.91 Å². The van der Waals surface area contributed by atoms with Gasteiger partial charge in [0, 0.05) is 43.3 Å². The molecule has 138 valence electrons. The molecule has 1 amide bonds. The molecule has 0 aliphatic carbocycles. The molecular formula is C20H24ClN3OS. The van der Waals surface area contributed by atoms with Crippen molar-refractivity contribution in [2.24, 2.45) is 0 Å². The number of nitrogens with zero attached hydrogens (tertiary/aromatic N) is 2. The van der Waals surface area contributed by atoms with Crippen LogP contribution in [0, 0.1) is 0 Å². The van der Waals surface area contributed by atoms with Crippen molar-refractivity contribution in [2.45, 2.75) is 11.4 Å². The molecule has 1 heterocycles. The Hall–Kier alpha value is -1.53. The smallest absolute Gasteiger partial charge is 0.257 e. The summed E-state index contributed by atoms with van der Waals surface area (Å²) in [6.07, 6.45) is 1.98. The Kier molecular flexibility index (Phi) is 6.59. The van der Waals surface area contributed by atoms with Gasteiger partial charge in [-0.15, -0.1) is 11.8 Å². The number of amides is 1. The summed E-state index contributed by atoms with van der Waals surface area (Å²) >= 11 is 7.80. The van der Waals surface area contributed by atoms with Crippen LogP contribution < -0.4 is 5.32 Å². The molecule has 1 aliphatic heterocycles. The highest BCUT2D eigenvalue weighted by molar-refractivity contribution is 7.98. The van der Waals surface area contributed by atoms with Gasteiger partial charge in [-0.3, -0.25) is 9.69 Å². The number of anilines is 1. The second kappa shape index (κ2) is 8.91. The van der Waals surface area contributed by atoms with Crippen LogP contribution >= 0.6 is 23.4 Å². The maximum absolute atomic E-state index is 12.6. The molecule has 1 aliphatic rings. The van der Waals surface area contributed by atoms with Gasteiger partial charge in [-0.05, 0) is 49.2 Å². The van der Waals surface area contributed by atoms with Crippen molar-refractivity contribution in [1.29, 1.82) is 0 Å². The first-order valence-corrected chi connectivity index (χ1v) is 10.3. The molecule has 0 saturated carbocycles. The Morgan fingerprint density at radius 1 is 1.15 bits per heavy atom. The number of hydrogen-bond acceptors (Lipinski definition) is 4. The first-order chi connectivity index (χ1) is 12.5. The molecule has 6 heteroatoms. The van der Waals surface area contributed by atoms with Crippen LogP contribution in [-0.4, -0.2) is 55.2 Å². The standard InChI is InChI=1S/C20H24ClN3OS/c1-23-8-10-24(11-9-23)14-15-4-3-5-16(12-15)22-20(25)18-13-17(26-2)6-7-19(18)21/h3-7,12-13H,8-11,14H2,1-2H3,(H,22,25). The number of piperazine rings is 1. The van der Waals surface area contributed by atoms with Gasteiger partial charge in [0.05, 0.1) is 10.6 Å². The number of halogens is 1. The average Bonchev–Trinajstić information content (AvgIpc) is 2.64. The summed E-state index contributed by atoms with van der Waals surface area (Å²) in [5.41, 5.74) is 2.51. The number of likely N-dealkylation sites (N-methyl/N-ethyl adjacent to an activating group) is 1. The zero-order valence-corrected chi connectivity index (χ0v) is 16.7. The fourth-order valence-corrected chi connectivity index (χ4v) is 3.66. The second-order valence-electron chi connectivity index (χ2n) is 6.58. The summed E-state index contributed by atoms with van der Waals surface area (Å²) in [5.74, 6) is -0.178. The first kappa shape index (κ1) is 19.2. The fraction of sp³-hybridized carbons (Fsp3) is 0.350. The summed E-state index contributed by atoms with van der Waals surface area (Å²) in [4.78, 5) is 18.4. The number of rotatable bonds is 5. The molecule has 3 rings (SSSR count). The number of benzene rings is 2. The molecule has 0 spiro atoms. The largest absolute Gasteiger partial charge is 0.322 e. The number of carbonyl (C=O) groups is 1. The third kappa shape index (κ3) is 5.01. The van der Waals surface area contributed by atoms with Crippen molar-refractivity contribution in [3.05, 3.63) is 58.6 Å². The Labute approximate surface area is 164 Å². The maximum Gasteiger partial charge on any atom is 0.257 e. The van der Waals surface area contributed by atoms with Gasteiger partial charge in [0.1, 0.15) is 0 Å². The molecule has 4 nitrogen and oxygen atoms in total. The number of hydrogen-bond donors (Lipinski definition) is 1. The molecule has 0 radical (unpaired) electrons. The van der Waals surface area contributed by atoms with Crippen molar-refractivity contribution < 1.29 is 4.79 Å². The Morgan fingerprint density at radius 3 is 2.65 bits per heavy atom. The van der Waals surface area contributed by atoms with Gasteiger partial charge >= 0.3 is 0 Å². The van der Waals surface area contributed by atoms with Gasteiger partial charge in [-0.2, -0.15) is 0 Å². The summed E-state index contributed by atoms with van der Waals surface area (Å²) < 4.78 is 0. The quantitative estimate of drug-likeness (QED) is 0.782. The van der Waals surface area contributed by atoms with E-state index in [4.69, 9.17) is 11.6 Å². The van der Waals surface area contributed by atoms with Crippen LogP contribution in [0.2, 0.25) is 5.02 Å². The predicted molar refractivity (Wildman–Crippen MR) is 110 cm³/mol. The van der Waals surface area contributed by atoms with E-state index in [0.717, 1.165) is 43.3 Å². The number of carbonyl (C=O) groups excluding carboxylic acids is 1. The summed E-state index contributed by atoms with van der Waals surface area (Å²) in [7, 11) is 2.16. The van der Waals surface area contributed by atoms with Crippen LogP contribution in [0.3, 0.4) is 0 Å². The van der Waals surface area contributed by atoms with Crippen LogP contribution in [-0.2, 0) is 6.54 Å². The SMILES string of the molecule is CSc1ccc(Cl)c(C(=O)Nc2cccc(CN3CCN(C)CC3)c2)c1. The molecule has 1 fully saturated rings. The van der Waals surface area contributed by atoms with Gasteiger partial charge in [-0.25, -0.2) is 0 Å². The van der Waals surface area contributed by atoms with Gasteiger partial charge in [0.15, 0.2) is 0 Å². The van der Waals surface area contributed by atoms with Crippen molar-refractivity contribution in [2.75, 3.05) is 44.8 Å². The van der Waals surface area contributed by atoms with Crippen LogP contribution in [0.25, 0.3) is 0 Å². The highest BCUT2D eigenvalue weighted by atomic mass is 35.5. The molecule has 2 aromatic carbocycles. The third-order valence-corrected chi connectivity index (χ3v) is 5.66. The summed E-state index contributed by atoms with van der Waals surface area (Å²) in [6, 6.07) is 13.6. The van der Waals surface area contributed by atoms with E-state index in [1.165, 1.54) is 5.56 Å². The molecule has 0 atom stereocenters. The molecule has 1 saturated heterocycles. The summed E-state index contributed by atoms with van der Waals surface area (Å²) in [5, 5.41) is 3.44. The van der Waals surface area contributed by atoms with Gasteiger partial charge in [0.2, 0.25) is 0 Å². The van der Waals surface area contributed by atoms with E-state index < -0.39 is 0 Å². The second-order valence-corrected chi connectivity index (χ2v) is 7.87. The zero-order valence-electron chi connectivity index (χ0n) is 15.2. The van der Waals surface area contributed by atoms with Crippen molar-refractivity contribution in [3.8, 4) is 0 Å². The lowest BCUT2D eigenvalue weighted by atomic mass is 10.1. The highest BCUT2D eigenvalue weighted by Crippen LogP contribution is 2.24. The lowest BCUT2D eigenvalue weighted by Gasteiger charge is -2.32. The minimum absolute atomic E-state index is 0.178. The van der Waals surface area contributed by atoms with E-state index >= 15 is 0 Å². The van der Waals surface area contributed by atoms with E-state index in [1.54, 1.807) is 17.8 Å². The lowest BCUT2D eigenvalue weighted by molar-refractivity contribution is 0.102. The Bertz CT molecular complexity index is 775. The Morgan fingerprint density at radius 2 is 1.92 bits per heavy atom. The van der Waals surface area contributed by atoms with Crippen LogP contribution in [0.1, 0.15) is 15.9 Å². The fourth-order valence-electron chi connectivity index (χ4n) is 3.02. The topological polar surface area (TPSA) is 35.6 Å². The minimum Gasteiger partial charge on any atom is -0.322 e. The van der Waals surface area contributed by atoms with Crippen LogP contribution in [0.5, 0.6) is 0 Å². The predicted octanol–water partition coefficient (Wildman–Crippen LogP) is 4.06. The normalized spacial score (nSPS) is 15.8. The van der Waals surface area contributed by atoms with Crippen molar-refractivity contribution in [3.63, 3.8) is 0 Å². The lowest BCUT2D eigenvalue weighted by Crippen LogP contribution is -2.43. The van der Waals surface area contributed by atoms with E-state index in [9.17, 15) is 4.79 Å². The van der Waals surface area contributed by atoms with Crippen molar-refractivity contribution >= 4 is 35.0 Å². The van der Waals surface area contributed by atoms with E-state index in [-0.39, 0.29) is 5.91 Å². The molecule has 0 aromatic heterocycles. The molecule has 0 unspecified atom stereocenters. The summed E-state index contributed by atoms with van der Waals surface area (Å²) in [6.45, 7) is 5.25. The first-order valence-electron chi connectivity index (χ1n) is 8.70. The van der Waals surface area contributed by atoms with E-state index in [1.807, 2.05) is 36.6 Å². The molecule has 2 aromatic rings. The highest BCUT2D eigenvalue weighted by Gasteiger charge is 2.15. The average molecular weight is 390 g/mol. The van der Waals surface area contributed by atoms with E-state index in [0.29, 0.717) is 10.6 Å². The van der Waals surface area contributed by atoms with Crippen LogP contribution in [0.15, 0.2) is 47.4 Å². The van der Waals surface area contributed by atoms with Crippen LogP contribution in [0.4, 0.5) is 5.69 Å².